The molecule has 0 unspecified atom stereocenters. The molecule has 0 saturated carbocycles. The van der Waals surface area contributed by atoms with E-state index in [-0.39, 0.29) is 18.4 Å². The van der Waals surface area contributed by atoms with Crippen molar-refractivity contribution in [3.63, 3.8) is 0 Å². The van der Waals surface area contributed by atoms with Crippen molar-refractivity contribution in [2.75, 3.05) is 23.4 Å². The van der Waals surface area contributed by atoms with E-state index in [0.29, 0.717) is 33.6 Å². The van der Waals surface area contributed by atoms with Gasteiger partial charge in [0.1, 0.15) is 10.6 Å². The van der Waals surface area contributed by atoms with Crippen molar-refractivity contribution in [2.24, 2.45) is 0 Å². The number of anilines is 2. The molecule has 0 atom stereocenters. The predicted octanol–water partition coefficient (Wildman–Crippen LogP) is 4.86. The molecule has 2 amide bonds. The van der Waals surface area contributed by atoms with E-state index in [9.17, 15) is 9.59 Å². The molecule has 1 N–H and O–H groups in total. The first-order chi connectivity index (χ1) is 13.0. The SMILES string of the molecule is CCN1C(=O)COc2ccc(NC(=O)c3sc4cc(C)ccc4c3Cl)cc21. The van der Waals surface area contributed by atoms with Gasteiger partial charge in [-0.1, -0.05) is 23.7 Å². The second-order valence-corrected chi connectivity index (χ2v) is 7.74. The highest BCUT2D eigenvalue weighted by Crippen LogP contribution is 2.37. The number of hydrogen-bond donors (Lipinski definition) is 1. The molecule has 0 saturated heterocycles. The Labute approximate surface area is 165 Å². The summed E-state index contributed by atoms with van der Waals surface area (Å²) >= 11 is 7.79. The lowest BCUT2D eigenvalue weighted by atomic mass is 10.2. The molecule has 5 nitrogen and oxygen atoms in total. The third-order valence-electron chi connectivity index (χ3n) is 4.47. The van der Waals surface area contributed by atoms with Gasteiger partial charge in [0.2, 0.25) is 0 Å². The van der Waals surface area contributed by atoms with E-state index in [4.69, 9.17) is 16.3 Å². The van der Waals surface area contributed by atoms with Gasteiger partial charge in [-0.3, -0.25) is 9.59 Å². The number of hydrogen-bond acceptors (Lipinski definition) is 4. The van der Waals surface area contributed by atoms with Crippen LogP contribution in [0.25, 0.3) is 10.1 Å². The van der Waals surface area contributed by atoms with Gasteiger partial charge < -0.3 is 15.0 Å². The average molecular weight is 401 g/mol. The quantitative estimate of drug-likeness (QED) is 0.682. The minimum Gasteiger partial charge on any atom is -0.482 e. The number of fused-ring (bicyclic) bond motifs is 2. The Morgan fingerprint density at radius 1 is 1.30 bits per heavy atom. The lowest BCUT2D eigenvalue weighted by molar-refractivity contribution is -0.121. The summed E-state index contributed by atoms with van der Waals surface area (Å²) in [7, 11) is 0. The zero-order valence-electron chi connectivity index (χ0n) is 14.8. The first-order valence-electron chi connectivity index (χ1n) is 8.55. The largest absolute Gasteiger partial charge is 0.482 e. The van der Waals surface area contributed by atoms with Crippen LogP contribution >= 0.6 is 22.9 Å². The molecule has 2 heterocycles. The highest BCUT2D eigenvalue weighted by atomic mass is 35.5. The van der Waals surface area contributed by atoms with Gasteiger partial charge in [0, 0.05) is 22.3 Å². The molecule has 2 aromatic carbocycles. The third kappa shape index (κ3) is 3.15. The molecule has 7 heteroatoms. The molecular weight excluding hydrogens is 384 g/mol. The number of nitrogens with zero attached hydrogens (tertiary/aromatic N) is 1. The van der Waals surface area contributed by atoms with Crippen LogP contribution in [0.1, 0.15) is 22.2 Å². The molecule has 138 valence electrons. The number of thiophene rings is 1. The van der Waals surface area contributed by atoms with Crippen LogP contribution in [0.15, 0.2) is 36.4 Å². The van der Waals surface area contributed by atoms with Crippen molar-refractivity contribution in [1.29, 1.82) is 0 Å². The van der Waals surface area contributed by atoms with E-state index in [1.165, 1.54) is 11.3 Å². The molecule has 0 aliphatic carbocycles. The summed E-state index contributed by atoms with van der Waals surface area (Å²) in [6.07, 6.45) is 0. The maximum absolute atomic E-state index is 12.8. The fourth-order valence-corrected chi connectivity index (χ4v) is 4.64. The number of rotatable bonds is 3. The van der Waals surface area contributed by atoms with E-state index in [0.717, 1.165) is 15.6 Å². The lowest BCUT2D eigenvalue weighted by Gasteiger charge is -2.28. The van der Waals surface area contributed by atoms with Crippen LogP contribution in [0, 0.1) is 6.92 Å². The number of aryl methyl sites for hydroxylation is 1. The summed E-state index contributed by atoms with van der Waals surface area (Å²) in [5.41, 5.74) is 2.36. The van der Waals surface area contributed by atoms with E-state index < -0.39 is 0 Å². The number of likely N-dealkylation sites (N-methyl/N-ethyl adjacent to an activating group) is 1. The number of carbonyl (C=O) groups is 2. The zero-order chi connectivity index (χ0) is 19.1. The van der Waals surface area contributed by atoms with Crippen LogP contribution in [0.4, 0.5) is 11.4 Å². The smallest absolute Gasteiger partial charge is 0.267 e. The molecule has 3 aromatic rings. The van der Waals surface area contributed by atoms with Gasteiger partial charge in [0.15, 0.2) is 6.61 Å². The number of benzene rings is 2. The van der Waals surface area contributed by atoms with Crippen LogP contribution in [0.3, 0.4) is 0 Å². The molecule has 1 aliphatic rings. The number of carbonyl (C=O) groups excluding carboxylic acids is 2. The summed E-state index contributed by atoms with van der Waals surface area (Å²) < 4.78 is 6.44. The molecule has 0 radical (unpaired) electrons. The average Bonchev–Trinajstić information content (AvgIpc) is 2.97. The second-order valence-electron chi connectivity index (χ2n) is 6.31. The van der Waals surface area contributed by atoms with Crippen molar-refractivity contribution in [3.05, 3.63) is 51.9 Å². The van der Waals surface area contributed by atoms with Gasteiger partial charge in [-0.15, -0.1) is 11.3 Å². The summed E-state index contributed by atoms with van der Waals surface area (Å²) in [6, 6.07) is 11.2. The Balaban J connectivity index is 1.65. The molecule has 4 rings (SSSR count). The third-order valence-corrected chi connectivity index (χ3v) is 6.12. The molecule has 0 fully saturated rings. The van der Waals surface area contributed by atoms with Crippen molar-refractivity contribution in [3.8, 4) is 5.75 Å². The summed E-state index contributed by atoms with van der Waals surface area (Å²) in [5, 5.41) is 4.21. The molecule has 0 bridgehead atoms. The van der Waals surface area contributed by atoms with Crippen LogP contribution in [0.2, 0.25) is 5.02 Å². The summed E-state index contributed by atoms with van der Waals surface area (Å²) in [5.74, 6) is 0.256. The first-order valence-corrected chi connectivity index (χ1v) is 9.74. The van der Waals surface area contributed by atoms with Crippen LogP contribution < -0.4 is 15.0 Å². The Morgan fingerprint density at radius 2 is 2.11 bits per heavy atom. The number of amides is 2. The number of nitrogens with one attached hydrogen (secondary N) is 1. The Kier molecular flexibility index (Phi) is 4.53. The Bertz CT molecular complexity index is 1080. The van der Waals surface area contributed by atoms with Gasteiger partial charge in [0.05, 0.1) is 10.7 Å². The Hall–Kier alpha value is -2.57. The van der Waals surface area contributed by atoms with Crippen molar-refractivity contribution in [2.45, 2.75) is 13.8 Å². The highest BCUT2D eigenvalue weighted by Gasteiger charge is 2.25. The van der Waals surface area contributed by atoms with E-state index in [2.05, 4.69) is 5.32 Å². The van der Waals surface area contributed by atoms with Crippen molar-refractivity contribution in [1.82, 2.24) is 0 Å². The monoisotopic (exact) mass is 400 g/mol. The maximum atomic E-state index is 12.8. The lowest BCUT2D eigenvalue weighted by Crippen LogP contribution is -2.38. The topological polar surface area (TPSA) is 58.6 Å². The Morgan fingerprint density at radius 3 is 2.89 bits per heavy atom. The number of halogens is 1. The zero-order valence-corrected chi connectivity index (χ0v) is 16.4. The van der Waals surface area contributed by atoms with E-state index in [1.807, 2.05) is 32.0 Å². The summed E-state index contributed by atoms with van der Waals surface area (Å²) in [6.45, 7) is 4.47. The second kappa shape index (κ2) is 6.87. The van der Waals surface area contributed by atoms with Crippen LogP contribution in [0.5, 0.6) is 5.75 Å². The molecule has 1 aromatic heterocycles. The summed E-state index contributed by atoms with van der Waals surface area (Å²) in [4.78, 5) is 26.9. The minimum atomic E-state index is -0.273. The molecular formula is C20H17ClN2O3S. The van der Waals surface area contributed by atoms with Crippen LogP contribution in [-0.2, 0) is 4.79 Å². The fourth-order valence-electron chi connectivity index (χ4n) is 3.13. The highest BCUT2D eigenvalue weighted by molar-refractivity contribution is 7.21. The fraction of sp³-hybridized carbons (Fsp3) is 0.200. The van der Waals surface area contributed by atoms with Gasteiger partial charge in [-0.05, 0) is 43.7 Å². The standard InChI is InChI=1S/C20H17ClN2O3S/c1-3-23-14-9-12(5-7-15(14)26-10-17(23)24)22-20(25)19-18(21)13-6-4-11(2)8-16(13)27-19/h4-9H,3,10H2,1-2H3,(H,22,25). The number of ether oxygens (including phenoxy) is 1. The molecule has 1 aliphatic heterocycles. The first kappa shape index (κ1) is 17.8. The minimum absolute atomic E-state index is 0.0311. The van der Waals surface area contributed by atoms with Crippen molar-refractivity contribution < 1.29 is 14.3 Å². The maximum Gasteiger partial charge on any atom is 0.267 e. The van der Waals surface area contributed by atoms with Crippen LogP contribution in [-0.4, -0.2) is 25.0 Å². The van der Waals surface area contributed by atoms with E-state index in [1.54, 1.807) is 23.1 Å². The molecule has 0 spiro atoms. The van der Waals surface area contributed by atoms with E-state index >= 15 is 0 Å². The van der Waals surface area contributed by atoms with Gasteiger partial charge in [0.25, 0.3) is 11.8 Å². The predicted molar refractivity (Wildman–Crippen MR) is 109 cm³/mol. The van der Waals surface area contributed by atoms with Gasteiger partial charge >= 0.3 is 0 Å². The van der Waals surface area contributed by atoms with Crippen molar-refractivity contribution >= 4 is 56.2 Å². The molecule has 27 heavy (non-hydrogen) atoms. The van der Waals surface area contributed by atoms with Gasteiger partial charge in [-0.2, -0.15) is 0 Å². The normalized spacial score (nSPS) is 13.4. The van der Waals surface area contributed by atoms with Gasteiger partial charge in [-0.25, -0.2) is 0 Å².